The molecular weight excluding hydrogens is 190 g/mol. The van der Waals surface area contributed by atoms with Gasteiger partial charge in [0.15, 0.2) is 0 Å². The van der Waals surface area contributed by atoms with E-state index in [0.717, 1.165) is 0 Å². The molecule has 0 spiro atoms. The van der Waals surface area contributed by atoms with Crippen molar-refractivity contribution in [2.75, 3.05) is 32.9 Å². The molecule has 0 bridgehead atoms. The van der Waals surface area contributed by atoms with Crippen LogP contribution in [0, 0.1) is 0 Å². The molecule has 1 saturated heterocycles. The maximum Gasteiger partial charge on any atom is 0.223 e. The van der Waals surface area contributed by atoms with Gasteiger partial charge in [0.1, 0.15) is 0 Å². The minimum atomic E-state index is 0.0309. The number of aliphatic hydroxyl groups excluding tert-OH is 1. The first-order chi connectivity index (χ1) is 6.24. The fraction of sp³-hybridized carbons (Fsp3) is 0.875. The van der Waals surface area contributed by atoms with Gasteiger partial charge in [-0.1, -0.05) is 0 Å². The van der Waals surface area contributed by atoms with Crippen LogP contribution >= 0.6 is 12.6 Å². The molecule has 13 heavy (non-hydrogen) atoms. The van der Waals surface area contributed by atoms with Crippen molar-refractivity contribution in [2.24, 2.45) is 0 Å². The maximum absolute atomic E-state index is 11.2. The first-order valence-electron chi connectivity index (χ1n) is 4.38. The molecule has 1 heterocycles. The zero-order valence-corrected chi connectivity index (χ0v) is 8.37. The van der Waals surface area contributed by atoms with Crippen LogP contribution in [0.3, 0.4) is 0 Å². The number of carbonyl (C=O) groups excluding carboxylic acids is 1. The van der Waals surface area contributed by atoms with Crippen molar-refractivity contribution in [3.8, 4) is 0 Å². The van der Waals surface area contributed by atoms with Crippen molar-refractivity contribution in [3.05, 3.63) is 0 Å². The third-order valence-electron chi connectivity index (χ3n) is 1.94. The van der Waals surface area contributed by atoms with Crippen molar-refractivity contribution < 1.29 is 14.6 Å². The molecule has 0 aromatic carbocycles. The summed E-state index contributed by atoms with van der Waals surface area (Å²) < 4.78 is 5.06. The van der Waals surface area contributed by atoms with Crippen LogP contribution in [0.2, 0.25) is 0 Å². The summed E-state index contributed by atoms with van der Waals surface area (Å²) >= 11 is 4.23. The van der Waals surface area contributed by atoms with E-state index in [9.17, 15) is 4.79 Å². The molecular formula is C8H15NO3S. The van der Waals surface area contributed by atoms with Gasteiger partial charge in [0.25, 0.3) is 0 Å². The highest BCUT2D eigenvalue weighted by Crippen LogP contribution is 2.14. The fourth-order valence-corrected chi connectivity index (χ4v) is 1.66. The Morgan fingerprint density at radius 2 is 2.38 bits per heavy atom. The van der Waals surface area contributed by atoms with E-state index in [1.807, 2.05) is 0 Å². The standard InChI is InChI=1S/C8H15NO3S/c10-2-4-12-3-1-9-6-7(13)5-8(9)11/h7,10,13H,1-6H2. The Morgan fingerprint density at radius 1 is 1.62 bits per heavy atom. The van der Waals surface area contributed by atoms with Gasteiger partial charge in [-0.15, -0.1) is 0 Å². The quantitative estimate of drug-likeness (QED) is 0.471. The van der Waals surface area contributed by atoms with Gasteiger partial charge in [-0.2, -0.15) is 12.6 Å². The van der Waals surface area contributed by atoms with E-state index in [1.165, 1.54) is 0 Å². The van der Waals surface area contributed by atoms with Crippen LogP contribution in [-0.4, -0.2) is 54.1 Å². The molecule has 0 aliphatic carbocycles. The van der Waals surface area contributed by atoms with E-state index in [2.05, 4.69) is 12.6 Å². The number of ether oxygens (including phenoxy) is 1. The van der Waals surface area contributed by atoms with Crippen molar-refractivity contribution >= 4 is 18.5 Å². The second-order valence-electron chi connectivity index (χ2n) is 3.03. The van der Waals surface area contributed by atoms with Crippen LogP contribution < -0.4 is 0 Å². The molecule has 0 aromatic rings. The Kier molecular flexibility index (Phi) is 4.55. The number of nitrogens with zero attached hydrogens (tertiary/aromatic N) is 1. The van der Waals surface area contributed by atoms with E-state index in [1.54, 1.807) is 4.90 Å². The summed E-state index contributed by atoms with van der Waals surface area (Å²) in [6.45, 7) is 2.18. The molecule has 1 aliphatic rings. The summed E-state index contributed by atoms with van der Waals surface area (Å²) in [7, 11) is 0. The number of likely N-dealkylation sites (tertiary alicyclic amines) is 1. The lowest BCUT2D eigenvalue weighted by atomic mass is 10.4. The summed E-state index contributed by atoms with van der Waals surface area (Å²) in [6, 6.07) is 0. The van der Waals surface area contributed by atoms with Crippen LogP contribution in [0.1, 0.15) is 6.42 Å². The Morgan fingerprint density at radius 3 is 2.92 bits per heavy atom. The van der Waals surface area contributed by atoms with Crippen LogP contribution in [0.15, 0.2) is 0 Å². The maximum atomic E-state index is 11.2. The number of hydrogen-bond acceptors (Lipinski definition) is 4. The molecule has 1 fully saturated rings. The fourth-order valence-electron chi connectivity index (χ4n) is 1.31. The number of rotatable bonds is 5. The lowest BCUT2D eigenvalue weighted by molar-refractivity contribution is -0.128. The van der Waals surface area contributed by atoms with Gasteiger partial charge in [0, 0.05) is 24.8 Å². The predicted octanol–water partition coefficient (Wildman–Crippen LogP) is -0.474. The van der Waals surface area contributed by atoms with Gasteiger partial charge in [-0.05, 0) is 0 Å². The minimum Gasteiger partial charge on any atom is -0.394 e. The first kappa shape index (κ1) is 10.8. The SMILES string of the molecule is O=C1CC(S)CN1CCOCCO. The lowest BCUT2D eigenvalue weighted by Crippen LogP contribution is -2.29. The number of amides is 1. The smallest absolute Gasteiger partial charge is 0.223 e. The normalized spacial score (nSPS) is 22.8. The highest BCUT2D eigenvalue weighted by atomic mass is 32.1. The summed E-state index contributed by atoms with van der Waals surface area (Å²) in [5.74, 6) is 0.146. The number of thiol groups is 1. The average Bonchev–Trinajstić information content (AvgIpc) is 2.39. The van der Waals surface area contributed by atoms with Gasteiger partial charge >= 0.3 is 0 Å². The number of hydrogen-bond donors (Lipinski definition) is 2. The Bertz CT molecular complexity index is 177. The van der Waals surface area contributed by atoms with Gasteiger partial charge in [-0.3, -0.25) is 4.79 Å². The van der Waals surface area contributed by atoms with Crippen LogP contribution in [0.25, 0.3) is 0 Å². The second-order valence-corrected chi connectivity index (χ2v) is 3.76. The highest BCUT2D eigenvalue weighted by molar-refractivity contribution is 7.81. The van der Waals surface area contributed by atoms with Crippen molar-refractivity contribution in [1.82, 2.24) is 4.90 Å². The molecule has 0 saturated carbocycles. The van der Waals surface area contributed by atoms with E-state index < -0.39 is 0 Å². The average molecular weight is 205 g/mol. The van der Waals surface area contributed by atoms with Crippen molar-refractivity contribution in [2.45, 2.75) is 11.7 Å². The molecule has 4 nitrogen and oxygen atoms in total. The van der Waals surface area contributed by atoms with E-state index >= 15 is 0 Å². The van der Waals surface area contributed by atoms with Gasteiger partial charge in [0.2, 0.25) is 5.91 Å². The van der Waals surface area contributed by atoms with Gasteiger partial charge < -0.3 is 14.7 Å². The van der Waals surface area contributed by atoms with Crippen molar-refractivity contribution in [1.29, 1.82) is 0 Å². The molecule has 1 N–H and O–H groups in total. The summed E-state index contributed by atoms with van der Waals surface area (Å²) in [6.07, 6.45) is 0.531. The van der Waals surface area contributed by atoms with E-state index in [0.29, 0.717) is 32.7 Å². The molecule has 0 aromatic heterocycles. The molecule has 0 radical (unpaired) electrons. The largest absolute Gasteiger partial charge is 0.394 e. The zero-order chi connectivity index (χ0) is 9.68. The van der Waals surface area contributed by atoms with Gasteiger partial charge in [-0.25, -0.2) is 0 Å². The molecule has 1 atom stereocenters. The Labute approximate surface area is 83.3 Å². The van der Waals surface area contributed by atoms with Crippen LogP contribution in [0.4, 0.5) is 0 Å². The Balaban J connectivity index is 2.11. The van der Waals surface area contributed by atoms with E-state index in [-0.39, 0.29) is 17.8 Å². The first-order valence-corrected chi connectivity index (χ1v) is 4.90. The number of carbonyl (C=O) groups is 1. The van der Waals surface area contributed by atoms with Gasteiger partial charge in [0.05, 0.1) is 19.8 Å². The monoisotopic (exact) mass is 205 g/mol. The molecule has 1 amide bonds. The lowest BCUT2D eigenvalue weighted by Gasteiger charge is -2.15. The Hall–Kier alpha value is -0.260. The highest BCUT2D eigenvalue weighted by Gasteiger charge is 2.26. The molecule has 1 aliphatic heterocycles. The summed E-state index contributed by atoms with van der Waals surface area (Å²) in [5.41, 5.74) is 0. The second kappa shape index (κ2) is 5.47. The molecule has 5 heteroatoms. The third kappa shape index (κ3) is 3.54. The summed E-state index contributed by atoms with van der Waals surface area (Å²) in [5, 5.41) is 8.61. The van der Waals surface area contributed by atoms with Crippen molar-refractivity contribution in [3.63, 3.8) is 0 Å². The summed E-state index contributed by atoms with van der Waals surface area (Å²) in [4.78, 5) is 13.0. The zero-order valence-electron chi connectivity index (χ0n) is 7.48. The third-order valence-corrected chi connectivity index (χ3v) is 2.28. The topological polar surface area (TPSA) is 49.8 Å². The van der Waals surface area contributed by atoms with Crippen LogP contribution in [0.5, 0.6) is 0 Å². The number of aliphatic hydroxyl groups is 1. The molecule has 76 valence electrons. The molecule has 1 unspecified atom stereocenters. The van der Waals surface area contributed by atoms with E-state index in [4.69, 9.17) is 9.84 Å². The predicted molar refractivity (Wildman–Crippen MR) is 51.9 cm³/mol. The molecule has 1 rings (SSSR count). The minimum absolute atomic E-state index is 0.0309. The van der Waals surface area contributed by atoms with Crippen LogP contribution in [-0.2, 0) is 9.53 Å².